The van der Waals surface area contributed by atoms with Gasteiger partial charge < -0.3 is 15.4 Å². The molecule has 35 heavy (non-hydrogen) atoms. The Morgan fingerprint density at radius 3 is 2.14 bits per heavy atom. The quantitative estimate of drug-likeness (QED) is 0.317. The number of anilines is 1. The van der Waals surface area contributed by atoms with Crippen molar-refractivity contribution < 1.29 is 14.3 Å². The van der Waals surface area contributed by atoms with Crippen LogP contribution in [0.5, 0.6) is 5.75 Å². The molecule has 4 rings (SSSR count). The zero-order valence-corrected chi connectivity index (χ0v) is 19.6. The van der Waals surface area contributed by atoms with E-state index in [0.717, 1.165) is 12.0 Å². The van der Waals surface area contributed by atoms with Crippen LogP contribution in [0.2, 0.25) is 0 Å². The average molecular weight is 465 g/mol. The lowest BCUT2D eigenvalue weighted by Crippen LogP contribution is -2.26. The summed E-state index contributed by atoms with van der Waals surface area (Å²) in [4.78, 5) is 25.6. The molecule has 5 nitrogen and oxygen atoms in total. The molecule has 2 N–H and O–H groups in total. The van der Waals surface area contributed by atoms with Crippen LogP contribution < -0.4 is 15.4 Å². The van der Waals surface area contributed by atoms with Gasteiger partial charge in [-0.25, -0.2) is 0 Å². The van der Waals surface area contributed by atoms with E-state index in [1.807, 2.05) is 61.5 Å². The fraction of sp³-hybridized carbons (Fsp3) is 0.133. The minimum atomic E-state index is -0.270. The lowest BCUT2D eigenvalue weighted by molar-refractivity contribution is 0.0938. The van der Waals surface area contributed by atoms with E-state index in [-0.39, 0.29) is 17.9 Å². The monoisotopic (exact) mass is 464 g/mol. The molecule has 0 saturated carbocycles. The molecule has 0 heterocycles. The third kappa shape index (κ3) is 6.81. The lowest BCUT2D eigenvalue weighted by Gasteiger charge is -2.15. The van der Waals surface area contributed by atoms with Crippen molar-refractivity contribution in [3.63, 3.8) is 0 Å². The molecular formula is C30H28N2O3. The minimum Gasteiger partial charge on any atom is -0.493 e. The molecule has 176 valence electrons. The van der Waals surface area contributed by atoms with Crippen molar-refractivity contribution >= 4 is 17.5 Å². The van der Waals surface area contributed by atoms with Gasteiger partial charge in [-0.05, 0) is 54.4 Å². The van der Waals surface area contributed by atoms with Gasteiger partial charge in [0.05, 0.1) is 12.6 Å². The largest absolute Gasteiger partial charge is 0.493 e. The second-order valence-electron chi connectivity index (χ2n) is 8.25. The highest BCUT2D eigenvalue weighted by Crippen LogP contribution is 2.18. The van der Waals surface area contributed by atoms with Gasteiger partial charge in [0.1, 0.15) is 5.75 Å². The Kier molecular flexibility index (Phi) is 7.92. The summed E-state index contributed by atoms with van der Waals surface area (Å²) in [5, 5.41) is 5.87. The van der Waals surface area contributed by atoms with Gasteiger partial charge >= 0.3 is 0 Å². The highest BCUT2D eigenvalue weighted by atomic mass is 16.5. The predicted molar refractivity (Wildman–Crippen MR) is 139 cm³/mol. The summed E-state index contributed by atoms with van der Waals surface area (Å²) in [6.45, 7) is 2.46. The molecule has 0 spiro atoms. The maximum Gasteiger partial charge on any atom is 0.255 e. The van der Waals surface area contributed by atoms with Crippen LogP contribution in [0.4, 0.5) is 5.69 Å². The fourth-order valence-corrected chi connectivity index (χ4v) is 3.71. The van der Waals surface area contributed by atoms with E-state index in [1.54, 1.807) is 42.5 Å². The molecule has 0 aromatic heterocycles. The molecular weight excluding hydrogens is 436 g/mol. The van der Waals surface area contributed by atoms with Crippen LogP contribution in [-0.2, 0) is 6.42 Å². The van der Waals surface area contributed by atoms with Crippen LogP contribution >= 0.6 is 0 Å². The first-order valence-electron chi connectivity index (χ1n) is 11.6. The van der Waals surface area contributed by atoms with Gasteiger partial charge in [-0.2, -0.15) is 0 Å². The number of rotatable bonds is 9. The first-order chi connectivity index (χ1) is 17.1. The van der Waals surface area contributed by atoms with Gasteiger partial charge in [-0.3, -0.25) is 9.59 Å². The number of benzene rings is 4. The summed E-state index contributed by atoms with van der Waals surface area (Å²) < 4.78 is 5.84. The van der Waals surface area contributed by atoms with Gasteiger partial charge in [0.2, 0.25) is 0 Å². The van der Waals surface area contributed by atoms with Crippen molar-refractivity contribution in [3.05, 3.63) is 131 Å². The lowest BCUT2D eigenvalue weighted by atomic mass is 10.1. The molecule has 4 aromatic rings. The Morgan fingerprint density at radius 2 is 1.40 bits per heavy atom. The van der Waals surface area contributed by atoms with Gasteiger partial charge in [-0.1, -0.05) is 72.8 Å². The number of amides is 2. The van der Waals surface area contributed by atoms with Crippen LogP contribution in [0.15, 0.2) is 109 Å². The average Bonchev–Trinajstić information content (AvgIpc) is 2.90. The van der Waals surface area contributed by atoms with Gasteiger partial charge in [-0.15, -0.1) is 0 Å². The van der Waals surface area contributed by atoms with Gasteiger partial charge in [0.25, 0.3) is 11.8 Å². The first-order valence-corrected chi connectivity index (χ1v) is 11.6. The van der Waals surface area contributed by atoms with E-state index in [9.17, 15) is 9.59 Å². The third-order valence-electron chi connectivity index (χ3n) is 5.63. The van der Waals surface area contributed by atoms with Crippen LogP contribution in [0, 0.1) is 0 Å². The topological polar surface area (TPSA) is 67.4 Å². The summed E-state index contributed by atoms with van der Waals surface area (Å²) in [7, 11) is 0. The molecule has 0 radical (unpaired) electrons. The Bertz CT molecular complexity index is 1270. The van der Waals surface area contributed by atoms with E-state index < -0.39 is 0 Å². The highest BCUT2D eigenvalue weighted by Gasteiger charge is 2.13. The van der Waals surface area contributed by atoms with E-state index in [2.05, 4.69) is 22.8 Å². The molecule has 0 bridgehead atoms. The molecule has 0 saturated heterocycles. The minimum absolute atomic E-state index is 0.133. The maximum atomic E-state index is 12.8. The van der Waals surface area contributed by atoms with Crippen molar-refractivity contribution in [1.82, 2.24) is 5.32 Å². The molecule has 2 amide bonds. The SMILES string of the molecule is CC(NC(=O)c1cccc(NC(=O)c2cccc(OCCc3ccccc3)c2)c1)c1ccccc1. The molecule has 4 aromatic carbocycles. The normalized spacial score (nSPS) is 11.3. The Hall–Kier alpha value is -4.38. The van der Waals surface area contributed by atoms with Crippen molar-refractivity contribution in [3.8, 4) is 5.75 Å². The van der Waals surface area contributed by atoms with Crippen molar-refractivity contribution in [2.45, 2.75) is 19.4 Å². The summed E-state index contributed by atoms with van der Waals surface area (Å²) in [6.07, 6.45) is 0.787. The van der Waals surface area contributed by atoms with Crippen LogP contribution in [0.1, 0.15) is 44.8 Å². The van der Waals surface area contributed by atoms with E-state index in [4.69, 9.17) is 4.74 Å². The number of carbonyl (C=O) groups excluding carboxylic acids is 2. The summed E-state index contributed by atoms with van der Waals surface area (Å²) in [5.74, 6) is 0.164. The number of hydrogen-bond donors (Lipinski definition) is 2. The Labute approximate surface area is 205 Å². The van der Waals surface area contributed by atoms with E-state index in [1.165, 1.54) is 5.56 Å². The number of hydrogen-bond acceptors (Lipinski definition) is 3. The standard InChI is InChI=1S/C30H28N2O3/c1-22(24-12-6-3-7-13-24)31-29(33)25-14-8-16-27(20-25)32-30(34)26-15-9-17-28(21-26)35-19-18-23-10-4-2-5-11-23/h2-17,20-22H,18-19H2,1H3,(H,31,33)(H,32,34). The molecule has 5 heteroatoms. The maximum absolute atomic E-state index is 12.8. The van der Waals surface area contributed by atoms with Crippen LogP contribution in [0.25, 0.3) is 0 Å². The van der Waals surface area contributed by atoms with E-state index >= 15 is 0 Å². The second-order valence-corrected chi connectivity index (χ2v) is 8.25. The number of ether oxygens (including phenoxy) is 1. The fourth-order valence-electron chi connectivity index (χ4n) is 3.71. The summed E-state index contributed by atoms with van der Waals surface area (Å²) in [5.41, 5.74) is 3.73. The van der Waals surface area contributed by atoms with Crippen LogP contribution in [-0.4, -0.2) is 18.4 Å². The zero-order valence-electron chi connectivity index (χ0n) is 19.6. The molecule has 0 fully saturated rings. The van der Waals surface area contributed by atoms with Gasteiger partial charge in [0.15, 0.2) is 0 Å². The Morgan fingerprint density at radius 1 is 0.743 bits per heavy atom. The molecule has 0 aliphatic heterocycles. The van der Waals surface area contributed by atoms with Gasteiger partial charge in [0, 0.05) is 23.2 Å². The third-order valence-corrected chi connectivity index (χ3v) is 5.63. The number of nitrogens with one attached hydrogen (secondary N) is 2. The molecule has 1 unspecified atom stereocenters. The van der Waals surface area contributed by atoms with E-state index in [0.29, 0.717) is 29.2 Å². The first kappa shape index (κ1) is 23.8. The summed E-state index contributed by atoms with van der Waals surface area (Å²) in [6, 6.07) is 33.7. The molecule has 0 aliphatic carbocycles. The van der Waals surface area contributed by atoms with Crippen molar-refractivity contribution in [1.29, 1.82) is 0 Å². The van der Waals surface area contributed by atoms with Crippen molar-refractivity contribution in [2.75, 3.05) is 11.9 Å². The molecule has 1 atom stereocenters. The van der Waals surface area contributed by atoms with Crippen molar-refractivity contribution in [2.24, 2.45) is 0 Å². The summed E-state index contributed by atoms with van der Waals surface area (Å²) >= 11 is 0. The Balaban J connectivity index is 1.35. The molecule has 0 aliphatic rings. The smallest absolute Gasteiger partial charge is 0.255 e. The number of carbonyl (C=O) groups is 2. The van der Waals surface area contributed by atoms with Crippen LogP contribution in [0.3, 0.4) is 0 Å². The highest BCUT2D eigenvalue weighted by molar-refractivity contribution is 6.05. The second kappa shape index (κ2) is 11.7. The predicted octanol–water partition coefficient (Wildman–Crippen LogP) is 6.05. The zero-order chi connectivity index (χ0) is 24.5.